The second-order valence-corrected chi connectivity index (χ2v) is 6.04. The van der Waals surface area contributed by atoms with Crippen molar-refractivity contribution in [2.24, 2.45) is 0 Å². The maximum Gasteiger partial charge on any atom is 0.342 e. The number of carbonyl (C=O) groups excluding carboxylic acids is 2. The van der Waals surface area contributed by atoms with Gasteiger partial charge in [0.2, 0.25) is 0 Å². The summed E-state index contributed by atoms with van der Waals surface area (Å²) in [6.07, 6.45) is 0.953. The minimum Gasteiger partial charge on any atom is -0.507 e. The number of carbonyl (C=O) groups is 2. The van der Waals surface area contributed by atoms with Crippen molar-refractivity contribution >= 4 is 17.6 Å². The van der Waals surface area contributed by atoms with Crippen LogP contribution in [0.4, 0.5) is 5.69 Å². The number of aryl methyl sites for hydroxylation is 1. The highest BCUT2D eigenvalue weighted by Crippen LogP contribution is 2.26. The van der Waals surface area contributed by atoms with Gasteiger partial charge in [0.15, 0.2) is 6.61 Å². The third kappa shape index (κ3) is 4.83. The molecule has 0 bridgehead atoms. The highest BCUT2D eigenvalue weighted by atomic mass is 16.5. The van der Waals surface area contributed by atoms with Crippen LogP contribution in [0, 0.1) is 6.92 Å². The van der Waals surface area contributed by atoms with Crippen LogP contribution in [-0.2, 0) is 9.53 Å². The van der Waals surface area contributed by atoms with E-state index in [0.717, 1.165) is 23.2 Å². The third-order valence-electron chi connectivity index (χ3n) is 4.08. The van der Waals surface area contributed by atoms with E-state index in [1.807, 2.05) is 24.3 Å². The van der Waals surface area contributed by atoms with E-state index >= 15 is 0 Å². The molecule has 2 rings (SSSR count). The van der Waals surface area contributed by atoms with Gasteiger partial charge in [-0.2, -0.15) is 0 Å². The normalized spacial score (nSPS) is 11.6. The molecule has 0 saturated carbocycles. The Morgan fingerprint density at radius 1 is 1.20 bits per heavy atom. The third-order valence-corrected chi connectivity index (χ3v) is 4.08. The Labute approximate surface area is 147 Å². The summed E-state index contributed by atoms with van der Waals surface area (Å²) in [5.41, 5.74) is 2.63. The van der Waals surface area contributed by atoms with Gasteiger partial charge in [0, 0.05) is 5.69 Å². The number of rotatable bonds is 6. The molecule has 0 spiro atoms. The van der Waals surface area contributed by atoms with Crippen molar-refractivity contribution in [2.75, 3.05) is 11.9 Å². The van der Waals surface area contributed by atoms with E-state index in [4.69, 9.17) is 4.74 Å². The molecule has 0 aliphatic heterocycles. The van der Waals surface area contributed by atoms with Crippen LogP contribution < -0.4 is 5.32 Å². The first-order valence-corrected chi connectivity index (χ1v) is 8.27. The number of hydrogen-bond acceptors (Lipinski definition) is 4. The first-order valence-electron chi connectivity index (χ1n) is 8.27. The largest absolute Gasteiger partial charge is 0.507 e. The molecule has 0 fully saturated rings. The van der Waals surface area contributed by atoms with E-state index in [1.54, 1.807) is 13.0 Å². The highest BCUT2D eigenvalue weighted by Gasteiger charge is 2.16. The smallest absolute Gasteiger partial charge is 0.342 e. The van der Waals surface area contributed by atoms with Crippen LogP contribution in [0.15, 0.2) is 42.5 Å². The molecule has 5 nitrogen and oxygen atoms in total. The summed E-state index contributed by atoms with van der Waals surface area (Å²) in [7, 11) is 0. The molecule has 5 heteroatoms. The summed E-state index contributed by atoms with van der Waals surface area (Å²) in [6, 6.07) is 12.2. The zero-order valence-corrected chi connectivity index (χ0v) is 14.7. The number of amides is 1. The summed E-state index contributed by atoms with van der Waals surface area (Å²) in [6.45, 7) is 5.56. The van der Waals surface area contributed by atoms with E-state index in [-0.39, 0.29) is 11.3 Å². The Morgan fingerprint density at radius 3 is 2.64 bits per heavy atom. The average Bonchev–Trinajstić information content (AvgIpc) is 2.61. The highest BCUT2D eigenvalue weighted by molar-refractivity contribution is 5.97. The van der Waals surface area contributed by atoms with Crippen LogP contribution in [0.5, 0.6) is 5.75 Å². The minimum atomic E-state index is -0.730. The molecule has 0 heterocycles. The van der Waals surface area contributed by atoms with Gasteiger partial charge in [-0.05, 0) is 43.0 Å². The molecule has 2 aromatic rings. The number of nitrogens with one attached hydrogen (secondary N) is 1. The van der Waals surface area contributed by atoms with E-state index in [0.29, 0.717) is 5.92 Å². The summed E-state index contributed by atoms with van der Waals surface area (Å²) < 4.78 is 5.01. The van der Waals surface area contributed by atoms with Crippen molar-refractivity contribution in [3.8, 4) is 5.75 Å². The number of esters is 1. The lowest BCUT2D eigenvalue weighted by Crippen LogP contribution is -2.21. The lowest BCUT2D eigenvalue weighted by molar-refractivity contribution is -0.119. The fraction of sp³-hybridized carbons (Fsp3) is 0.300. The van der Waals surface area contributed by atoms with Crippen LogP contribution >= 0.6 is 0 Å². The zero-order valence-electron chi connectivity index (χ0n) is 14.7. The molecule has 25 heavy (non-hydrogen) atoms. The molecule has 0 aliphatic carbocycles. The van der Waals surface area contributed by atoms with Crippen molar-refractivity contribution in [2.45, 2.75) is 33.1 Å². The van der Waals surface area contributed by atoms with E-state index in [9.17, 15) is 14.7 Å². The number of anilines is 1. The standard InChI is InChI=1S/C20H23NO4/c1-4-14(3)15-7-5-6-8-17(15)21-19(23)12-25-20(24)16-11-13(2)9-10-18(16)22/h5-11,14,22H,4,12H2,1-3H3,(H,21,23)/t14-/m1/s1. The first kappa shape index (κ1) is 18.5. The molecule has 0 aliphatic rings. The van der Waals surface area contributed by atoms with Crippen molar-refractivity contribution in [3.63, 3.8) is 0 Å². The van der Waals surface area contributed by atoms with Crippen molar-refractivity contribution in [1.29, 1.82) is 0 Å². The second-order valence-electron chi connectivity index (χ2n) is 6.04. The van der Waals surface area contributed by atoms with Crippen LogP contribution in [0.25, 0.3) is 0 Å². The van der Waals surface area contributed by atoms with Gasteiger partial charge in [0.25, 0.3) is 5.91 Å². The lowest BCUT2D eigenvalue weighted by atomic mass is 9.97. The van der Waals surface area contributed by atoms with Crippen molar-refractivity contribution in [3.05, 3.63) is 59.2 Å². The number of para-hydroxylation sites is 1. The van der Waals surface area contributed by atoms with E-state index in [2.05, 4.69) is 19.2 Å². The van der Waals surface area contributed by atoms with Gasteiger partial charge in [0.05, 0.1) is 0 Å². The Morgan fingerprint density at radius 2 is 1.92 bits per heavy atom. The van der Waals surface area contributed by atoms with Gasteiger partial charge < -0.3 is 15.2 Å². The Kier molecular flexibility index (Phi) is 6.17. The SMILES string of the molecule is CC[C@@H](C)c1ccccc1NC(=O)COC(=O)c1cc(C)ccc1O. The molecule has 0 aromatic heterocycles. The van der Waals surface area contributed by atoms with Crippen LogP contribution in [0.1, 0.15) is 47.7 Å². The van der Waals surface area contributed by atoms with Gasteiger partial charge in [0.1, 0.15) is 11.3 Å². The average molecular weight is 341 g/mol. The zero-order chi connectivity index (χ0) is 18.4. The summed E-state index contributed by atoms with van der Waals surface area (Å²) in [5.74, 6) is -1.01. The maximum atomic E-state index is 12.1. The molecule has 2 aromatic carbocycles. The number of phenols is 1. The number of phenolic OH excluding ortho intramolecular Hbond substituents is 1. The van der Waals surface area contributed by atoms with Gasteiger partial charge >= 0.3 is 5.97 Å². The number of ether oxygens (including phenoxy) is 1. The molecule has 0 unspecified atom stereocenters. The molecular formula is C20H23NO4. The predicted octanol–water partition coefficient (Wildman–Crippen LogP) is 4.01. The summed E-state index contributed by atoms with van der Waals surface area (Å²) in [4.78, 5) is 24.1. The molecular weight excluding hydrogens is 318 g/mol. The second kappa shape index (κ2) is 8.33. The fourth-order valence-corrected chi connectivity index (χ4v) is 2.47. The molecule has 1 atom stereocenters. The van der Waals surface area contributed by atoms with Crippen LogP contribution in [0.3, 0.4) is 0 Å². The van der Waals surface area contributed by atoms with Gasteiger partial charge in [-0.15, -0.1) is 0 Å². The number of aromatic hydroxyl groups is 1. The van der Waals surface area contributed by atoms with Gasteiger partial charge in [-0.1, -0.05) is 43.7 Å². The minimum absolute atomic E-state index is 0.0489. The monoisotopic (exact) mass is 341 g/mol. The van der Waals surface area contributed by atoms with Gasteiger partial charge in [-0.25, -0.2) is 4.79 Å². The Hall–Kier alpha value is -2.82. The van der Waals surface area contributed by atoms with Crippen LogP contribution in [-0.4, -0.2) is 23.6 Å². The molecule has 1 amide bonds. The topological polar surface area (TPSA) is 75.6 Å². The van der Waals surface area contributed by atoms with Crippen LogP contribution in [0.2, 0.25) is 0 Å². The molecule has 2 N–H and O–H groups in total. The molecule has 0 radical (unpaired) electrons. The molecule has 132 valence electrons. The fourth-order valence-electron chi connectivity index (χ4n) is 2.47. The van der Waals surface area contributed by atoms with E-state index in [1.165, 1.54) is 12.1 Å². The summed E-state index contributed by atoms with van der Waals surface area (Å²) in [5, 5.41) is 12.5. The molecule has 0 saturated heterocycles. The Bertz CT molecular complexity index is 770. The first-order chi connectivity index (χ1) is 11.9. The Balaban J connectivity index is 2.00. The number of benzene rings is 2. The quantitative estimate of drug-likeness (QED) is 0.779. The maximum absolute atomic E-state index is 12.1. The number of hydrogen-bond donors (Lipinski definition) is 2. The van der Waals surface area contributed by atoms with E-state index < -0.39 is 18.5 Å². The summed E-state index contributed by atoms with van der Waals surface area (Å²) >= 11 is 0. The van der Waals surface area contributed by atoms with Crippen molar-refractivity contribution in [1.82, 2.24) is 0 Å². The predicted molar refractivity (Wildman–Crippen MR) is 96.9 cm³/mol. The van der Waals surface area contributed by atoms with Crippen molar-refractivity contribution < 1.29 is 19.4 Å². The lowest BCUT2D eigenvalue weighted by Gasteiger charge is -2.15. The van der Waals surface area contributed by atoms with Gasteiger partial charge in [-0.3, -0.25) is 4.79 Å².